The summed E-state index contributed by atoms with van der Waals surface area (Å²) in [6.07, 6.45) is 2.62. The number of primary amides is 1. The van der Waals surface area contributed by atoms with E-state index in [1.54, 1.807) is 23.1 Å². The van der Waals surface area contributed by atoms with E-state index >= 15 is 0 Å². The normalized spacial score (nSPS) is 10.1. The Kier molecular flexibility index (Phi) is 5.65. The van der Waals surface area contributed by atoms with Crippen LogP contribution in [0, 0.1) is 0 Å². The van der Waals surface area contributed by atoms with Crippen LogP contribution in [0.5, 0.6) is 0 Å². The largest absolute Gasteiger partial charge is 0.368 e. The number of hydrogen-bond donors (Lipinski definition) is 1. The van der Waals surface area contributed by atoms with Crippen LogP contribution in [0.25, 0.3) is 0 Å². The lowest BCUT2D eigenvalue weighted by molar-refractivity contribution is -0.116. The second-order valence-electron chi connectivity index (χ2n) is 4.04. The molecule has 0 saturated carbocycles. The van der Waals surface area contributed by atoms with E-state index in [0.29, 0.717) is 22.8 Å². The van der Waals surface area contributed by atoms with Crippen molar-refractivity contribution in [3.05, 3.63) is 28.8 Å². The summed E-state index contributed by atoms with van der Waals surface area (Å²) in [5, 5.41) is 0.456. The number of aldehydes is 1. The molecule has 4 nitrogen and oxygen atoms in total. The van der Waals surface area contributed by atoms with E-state index in [0.717, 1.165) is 19.1 Å². The highest BCUT2D eigenvalue weighted by Gasteiger charge is 2.16. The first kappa shape index (κ1) is 14.5. The molecule has 1 aromatic rings. The number of rotatable bonds is 7. The average molecular weight is 269 g/mol. The molecule has 0 aromatic heterocycles. The summed E-state index contributed by atoms with van der Waals surface area (Å²) in [6, 6.07) is 5.08. The number of nitrogens with zero attached hydrogens (tertiary/aromatic N) is 1. The Morgan fingerprint density at radius 3 is 2.78 bits per heavy atom. The number of para-hydroxylation sites is 1. The maximum absolute atomic E-state index is 11.1. The van der Waals surface area contributed by atoms with Crippen LogP contribution in [0.3, 0.4) is 0 Å². The lowest BCUT2D eigenvalue weighted by Crippen LogP contribution is -2.35. The van der Waals surface area contributed by atoms with Gasteiger partial charge >= 0.3 is 0 Å². The van der Waals surface area contributed by atoms with Gasteiger partial charge in [0, 0.05) is 12.1 Å². The van der Waals surface area contributed by atoms with Crippen LogP contribution in [-0.2, 0) is 4.79 Å². The van der Waals surface area contributed by atoms with E-state index in [2.05, 4.69) is 6.92 Å². The molecule has 0 radical (unpaired) electrons. The van der Waals surface area contributed by atoms with Gasteiger partial charge in [0.1, 0.15) is 0 Å². The molecule has 0 unspecified atom stereocenters. The van der Waals surface area contributed by atoms with Crippen molar-refractivity contribution in [1.29, 1.82) is 0 Å². The average Bonchev–Trinajstić information content (AvgIpc) is 2.34. The molecule has 1 aromatic carbocycles. The van der Waals surface area contributed by atoms with E-state index in [1.165, 1.54) is 0 Å². The van der Waals surface area contributed by atoms with E-state index in [9.17, 15) is 9.59 Å². The molecule has 98 valence electrons. The van der Waals surface area contributed by atoms with Gasteiger partial charge in [-0.25, -0.2) is 0 Å². The van der Waals surface area contributed by atoms with Crippen molar-refractivity contribution in [2.24, 2.45) is 5.73 Å². The minimum Gasteiger partial charge on any atom is -0.368 e. The summed E-state index contributed by atoms with van der Waals surface area (Å²) in [6.45, 7) is 2.75. The lowest BCUT2D eigenvalue weighted by atomic mass is 10.1. The van der Waals surface area contributed by atoms with Gasteiger partial charge in [-0.15, -0.1) is 0 Å². The standard InChI is InChI=1S/C13H17ClN2O2/c1-2-3-7-16(8-12(15)18)13-10(9-17)5-4-6-11(13)14/h4-6,9H,2-3,7-8H2,1H3,(H2,15,18). The summed E-state index contributed by atoms with van der Waals surface area (Å²) in [5.41, 5.74) is 6.29. The van der Waals surface area contributed by atoms with E-state index in [4.69, 9.17) is 17.3 Å². The molecular weight excluding hydrogens is 252 g/mol. The third-order valence-corrected chi connectivity index (χ3v) is 2.89. The molecule has 1 amide bonds. The van der Waals surface area contributed by atoms with Gasteiger partial charge in [-0.05, 0) is 18.6 Å². The van der Waals surface area contributed by atoms with Gasteiger partial charge in [0.2, 0.25) is 5.91 Å². The van der Waals surface area contributed by atoms with Crippen molar-refractivity contribution in [2.45, 2.75) is 19.8 Å². The van der Waals surface area contributed by atoms with Crippen LogP contribution < -0.4 is 10.6 Å². The van der Waals surface area contributed by atoms with Crippen LogP contribution in [-0.4, -0.2) is 25.3 Å². The highest BCUT2D eigenvalue weighted by Crippen LogP contribution is 2.29. The zero-order chi connectivity index (χ0) is 13.5. The van der Waals surface area contributed by atoms with Crippen molar-refractivity contribution in [2.75, 3.05) is 18.0 Å². The Labute approximate surface area is 112 Å². The molecule has 0 aliphatic carbocycles. The summed E-state index contributed by atoms with van der Waals surface area (Å²) in [7, 11) is 0. The van der Waals surface area contributed by atoms with Crippen molar-refractivity contribution in [3.63, 3.8) is 0 Å². The Morgan fingerprint density at radius 1 is 1.50 bits per heavy atom. The number of halogens is 1. The molecule has 1 rings (SSSR count). The van der Waals surface area contributed by atoms with Crippen LogP contribution >= 0.6 is 11.6 Å². The molecule has 0 spiro atoms. The number of carbonyl (C=O) groups excluding carboxylic acids is 2. The molecule has 0 saturated heterocycles. The maximum Gasteiger partial charge on any atom is 0.236 e. The second-order valence-corrected chi connectivity index (χ2v) is 4.44. The molecule has 2 N–H and O–H groups in total. The predicted octanol–water partition coefficient (Wildman–Crippen LogP) is 2.24. The minimum atomic E-state index is -0.442. The number of hydrogen-bond acceptors (Lipinski definition) is 3. The summed E-state index contributed by atoms with van der Waals surface area (Å²) >= 11 is 6.11. The smallest absolute Gasteiger partial charge is 0.236 e. The highest BCUT2D eigenvalue weighted by molar-refractivity contribution is 6.34. The Hall–Kier alpha value is -1.55. The number of benzene rings is 1. The number of anilines is 1. The Bertz CT molecular complexity index is 435. The van der Waals surface area contributed by atoms with Gasteiger partial charge in [-0.3, -0.25) is 9.59 Å². The minimum absolute atomic E-state index is 0.0601. The molecule has 0 aliphatic heterocycles. The molecule has 18 heavy (non-hydrogen) atoms. The van der Waals surface area contributed by atoms with Gasteiger partial charge in [0.05, 0.1) is 17.3 Å². The fourth-order valence-corrected chi connectivity index (χ4v) is 2.07. The van der Waals surface area contributed by atoms with Crippen LogP contribution in [0.15, 0.2) is 18.2 Å². The summed E-state index contributed by atoms with van der Waals surface area (Å²) < 4.78 is 0. The Balaban J connectivity index is 3.10. The van der Waals surface area contributed by atoms with Crippen molar-refractivity contribution >= 4 is 29.5 Å². The van der Waals surface area contributed by atoms with E-state index in [1.807, 2.05) is 0 Å². The summed E-state index contributed by atoms with van der Waals surface area (Å²) in [5.74, 6) is -0.442. The lowest BCUT2D eigenvalue weighted by Gasteiger charge is -2.25. The van der Waals surface area contributed by atoms with Gasteiger partial charge in [-0.2, -0.15) is 0 Å². The number of nitrogens with two attached hydrogens (primary N) is 1. The number of amides is 1. The monoisotopic (exact) mass is 268 g/mol. The highest BCUT2D eigenvalue weighted by atomic mass is 35.5. The number of carbonyl (C=O) groups is 2. The third-order valence-electron chi connectivity index (χ3n) is 2.59. The SMILES string of the molecule is CCCCN(CC(N)=O)c1c(Cl)cccc1C=O. The molecule has 0 heterocycles. The zero-order valence-corrected chi connectivity index (χ0v) is 11.1. The number of unbranched alkanes of at least 4 members (excludes halogenated alkanes) is 1. The second kappa shape index (κ2) is 7.01. The zero-order valence-electron chi connectivity index (χ0n) is 10.4. The third kappa shape index (κ3) is 3.74. The predicted molar refractivity (Wildman–Crippen MR) is 73.2 cm³/mol. The van der Waals surface area contributed by atoms with Crippen molar-refractivity contribution in [1.82, 2.24) is 0 Å². The topological polar surface area (TPSA) is 63.4 Å². The Morgan fingerprint density at radius 2 is 2.22 bits per heavy atom. The van der Waals surface area contributed by atoms with Gasteiger partial charge < -0.3 is 10.6 Å². The van der Waals surface area contributed by atoms with E-state index in [-0.39, 0.29) is 6.54 Å². The fraction of sp³-hybridized carbons (Fsp3) is 0.385. The van der Waals surface area contributed by atoms with E-state index < -0.39 is 5.91 Å². The van der Waals surface area contributed by atoms with Gasteiger partial charge in [0.15, 0.2) is 6.29 Å². The van der Waals surface area contributed by atoms with Crippen molar-refractivity contribution in [3.8, 4) is 0 Å². The molecule has 0 fully saturated rings. The first-order valence-corrected chi connectivity index (χ1v) is 6.24. The van der Waals surface area contributed by atoms with Gasteiger partial charge in [0.25, 0.3) is 0 Å². The quantitative estimate of drug-likeness (QED) is 0.772. The van der Waals surface area contributed by atoms with Crippen molar-refractivity contribution < 1.29 is 9.59 Å². The molecule has 0 atom stereocenters. The van der Waals surface area contributed by atoms with Crippen LogP contribution in [0.1, 0.15) is 30.1 Å². The first-order chi connectivity index (χ1) is 8.60. The summed E-state index contributed by atoms with van der Waals surface area (Å²) in [4.78, 5) is 23.9. The maximum atomic E-state index is 11.1. The van der Waals surface area contributed by atoms with Crippen LogP contribution in [0.4, 0.5) is 5.69 Å². The van der Waals surface area contributed by atoms with Crippen LogP contribution in [0.2, 0.25) is 5.02 Å². The molecule has 5 heteroatoms. The molecular formula is C13H17ClN2O2. The molecule has 0 aliphatic rings. The van der Waals surface area contributed by atoms with Gasteiger partial charge in [-0.1, -0.05) is 31.0 Å². The molecule has 0 bridgehead atoms. The fourth-order valence-electron chi connectivity index (χ4n) is 1.77. The first-order valence-electron chi connectivity index (χ1n) is 5.87.